The minimum Gasteiger partial charge on any atom is -0.456 e. The summed E-state index contributed by atoms with van der Waals surface area (Å²) in [6.07, 6.45) is 0. The largest absolute Gasteiger partial charge is 0.456 e. The van der Waals surface area contributed by atoms with Gasteiger partial charge in [0, 0.05) is 31.9 Å². The summed E-state index contributed by atoms with van der Waals surface area (Å²) in [5.41, 5.74) is 1.21. The highest BCUT2D eigenvalue weighted by Crippen LogP contribution is 2.24. The molecule has 1 saturated heterocycles. The number of esters is 1. The van der Waals surface area contributed by atoms with Gasteiger partial charge in [-0.3, -0.25) is 9.69 Å². The van der Waals surface area contributed by atoms with Gasteiger partial charge < -0.3 is 9.47 Å². The van der Waals surface area contributed by atoms with Crippen LogP contribution in [0.25, 0.3) is 0 Å². The molecule has 0 saturated carbocycles. The second-order valence-corrected chi connectivity index (χ2v) is 9.70. The van der Waals surface area contributed by atoms with Gasteiger partial charge in [-0.2, -0.15) is 4.31 Å². The van der Waals surface area contributed by atoms with Gasteiger partial charge in [-0.25, -0.2) is 18.2 Å². The van der Waals surface area contributed by atoms with E-state index < -0.39 is 16.0 Å². The Hall–Kier alpha value is -2.34. The average molecular weight is 468 g/mol. The molecule has 0 atom stereocenters. The summed E-state index contributed by atoms with van der Waals surface area (Å²) in [6.45, 7) is 6.65. The maximum atomic E-state index is 13.0. The van der Waals surface area contributed by atoms with E-state index >= 15 is 0 Å². The standard InChI is InChI=1S/C20H25N3O6S2/c1-4-23(15(3)24)20-21-17(13-30-20)12-29-19(25)16-6-5-14(2)18(11-16)31(26,27)22-7-9-28-10-8-22/h5-6,11,13H,4,7-10,12H2,1-3H3. The summed E-state index contributed by atoms with van der Waals surface area (Å²) >= 11 is 1.29. The molecule has 9 nitrogen and oxygen atoms in total. The molecule has 1 amide bonds. The molecule has 0 N–H and O–H groups in total. The number of rotatable bonds is 7. The van der Waals surface area contributed by atoms with E-state index in [1.165, 1.54) is 39.6 Å². The zero-order valence-electron chi connectivity index (χ0n) is 17.7. The number of sulfonamides is 1. The van der Waals surface area contributed by atoms with E-state index in [9.17, 15) is 18.0 Å². The second kappa shape index (κ2) is 9.86. The topological polar surface area (TPSA) is 106 Å². The van der Waals surface area contributed by atoms with Crippen LogP contribution in [0.2, 0.25) is 0 Å². The maximum Gasteiger partial charge on any atom is 0.338 e. The van der Waals surface area contributed by atoms with Crippen LogP contribution in [0.4, 0.5) is 5.13 Å². The van der Waals surface area contributed by atoms with Crippen LogP contribution >= 0.6 is 11.3 Å². The molecule has 0 spiro atoms. The number of nitrogens with zero attached hydrogens (tertiary/aromatic N) is 3. The number of thiazole rings is 1. The highest BCUT2D eigenvalue weighted by Gasteiger charge is 2.28. The number of carbonyl (C=O) groups is 2. The van der Waals surface area contributed by atoms with E-state index in [0.29, 0.717) is 36.1 Å². The number of benzene rings is 1. The van der Waals surface area contributed by atoms with Gasteiger partial charge in [0.05, 0.1) is 29.4 Å². The Morgan fingerprint density at radius 1 is 1.29 bits per heavy atom. The summed E-state index contributed by atoms with van der Waals surface area (Å²) in [4.78, 5) is 30.1. The first-order valence-corrected chi connectivity index (χ1v) is 12.1. The number of aromatic nitrogens is 1. The molecule has 168 valence electrons. The Bertz CT molecular complexity index is 1060. The molecule has 0 unspecified atom stereocenters. The number of anilines is 1. The van der Waals surface area contributed by atoms with Crippen LogP contribution in [0.5, 0.6) is 0 Å². The van der Waals surface area contributed by atoms with Gasteiger partial charge in [0.1, 0.15) is 6.61 Å². The zero-order chi connectivity index (χ0) is 22.6. The van der Waals surface area contributed by atoms with Gasteiger partial charge in [-0.05, 0) is 31.5 Å². The maximum absolute atomic E-state index is 13.0. The lowest BCUT2D eigenvalue weighted by Crippen LogP contribution is -2.40. The van der Waals surface area contributed by atoms with Gasteiger partial charge >= 0.3 is 5.97 Å². The van der Waals surface area contributed by atoms with Gasteiger partial charge in [0.25, 0.3) is 0 Å². The van der Waals surface area contributed by atoms with Gasteiger partial charge in [-0.15, -0.1) is 11.3 Å². The van der Waals surface area contributed by atoms with Crippen LogP contribution < -0.4 is 4.90 Å². The van der Waals surface area contributed by atoms with Crippen LogP contribution in [0.3, 0.4) is 0 Å². The molecule has 2 aromatic rings. The van der Waals surface area contributed by atoms with E-state index in [2.05, 4.69) is 4.98 Å². The number of morpholine rings is 1. The lowest BCUT2D eigenvalue weighted by Gasteiger charge is -2.26. The predicted octanol–water partition coefficient (Wildman–Crippen LogP) is 2.20. The summed E-state index contributed by atoms with van der Waals surface area (Å²) in [6, 6.07) is 4.48. The molecule has 1 aromatic heterocycles. The fourth-order valence-corrected chi connectivity index (χ4v) is 5.71. The zero-order valence-corrected chi connectivity index (χ0v) is 19.3. The quantitative estimate of drug-likeness (QED) is 0.575. The average Bonchev–Trinajstić information content (AvgIpc) is 3.21. The van der Waals surface area contributed by atoms with E-state index in [4.69, 9.17) is 9.47 Å². The second-order valence-electron chi connectivity index (χ2n) is 6.96. The van der Waals surface area contributed by atoms with Crippen molar-refractivity contribution in [2.24, 2.45) is 0 Å². The van der Waals surface area contributed by atoms with Crippen molar-refractivity contribution in [2.75, 3.05) is 37.7 Å². The third-order valence-electron chi connectivity index (χ3n) is 4.83. The van der Waals surface area contributed by atoms with Crippen molar-refractivity contribution < 1.29 is 27.5 Å². The first kappa shape index (κ1) is 23.3. The summed E-state index contributed by atoms with van der Waals surface area (Å²) in [5.74, 6) is -0.763. The van der Waals surface area contributed by atoms with Crippen LogP contribution in [-0.2, 0) is 30.9 Å². The lowest BCUT2D eigenvalue weighted by atomic mass is 10.1. The molecule has 3 rings (SSSR count). The Morgan fingerprint density at radius 2 is 2.00 bits per heavy atom. The van der Waals surface area contributed by atoms with Crippen LogP contribution in [0.15, 0.2) is 28.5 Å². The number of ether oxygens (including phenoxy) is 2. The van der Waals surface area contributed by atoms with Crippen molar-refractivity contribution in [2.45, 2.75) is 32.3 Å². The van der Waals surface area contributed by atoms with Crippen molar-refractivity contribution in [3.63, 3.8) is 0 Å². The molecule has 31 heavy (non-hydrogen) atoms. The minimum absolute atomic E-state index is 0.0792. The predicted molar refractivity (Wildman–Crippen MR) is 116 cm³/mol. The third kappa shape index (κ3) is 5.29. The number of carbonyl (C=O) groups excluding carboxylic acids is 2. The molecule has 1 aromatic carbocycles. The molecule has 1 aliphatic rings. The van der Waals surface area contributed by atoms with E-state index in [1.807, 2.05) is 6.92 Å². The number of hydrogen-bond donors (Lipinski definition) is 0. The first-order chi connectivity index (χ1) is 14.7. The minimum atomic E-state index is -3.74. The van der Waals surface area contributed by atoms with Crippen LogP contribution in [-0.4, -0.2) is 62.4 Å². The van der Waals surface area contributed by atoms with Crippen LogP contribution in [0.1, 0.15) is 35.5 Å². The molecule has 0 aliphatic carbocycles. The van der Waals surface area contributed by atoms with E-state index in [0.717, 1.165) is 0 Å². The van der Waals surface area contributed by atoms with E-state index in [1.54, 1.807) is 18.4 Å². The van der Waals surface area contributed by atoms with Crippen molar-refractivity contribution in [1.29, 1.82) is 0 Å². The SMILES string of the molecule is CCN(C(C)=O)c1nc(COC(=O)c2ccc(C)c(S(=O)(=O)N3CCOCC3)c2)cs1. The highest BCUT2D eigenvalue weighted by molar-refractivity contribution is 7.89. The number of amides is 1. The molecule has 0 radical (unpaired) electrons. The van der Waals surface area contributed by atoms with Crippen molar-refractivity contribution >= 4 is 38.4 Å². The summed E-state index contributed by atoms with van der Waals surface area (Å²) < 4.78 is 37.9. The number of aryl methyl sites for hydroxylation is 1. The highest BCUT2D eigenvalue weighted by atomic mass is 32.2. The smallest absolute Gasteiger partial charge is 0.338 e. The number of hydrogen-bond acceptors (Lipinski definition) is 8. The van der Waals surface area contributed by atoms with Gasteiger partial charge in [-0.1, -0.05) is 6.07 Å². The van der Waals surface area contributed by atoms with Gasteiger partial charge in [0.15, 0.2) is 5.13 Å². The lowest BCUT2D eigenvalue weighted by molar-refractivity contribution is -0.116. The Kier molecular flexibility index (Phi) is 7.42. The molecule has 11 heteroatoms. The normalized spacial score (nSPS) is 14.9. The van der Waals surface area contributed by atoms with Gasteiger partial charge in [0.2, 0.25) is 15.9 Å². The third-order valence-corrected chi connectivity index (χ3v) is 7.78. The molecule has 2 heterocycles. The first-order valence-electron chi connectivity index (χ1n) is 9.82. The van der Waals surface area contributed by atoms with Crippen molar-refractivity contribution in [3.8, 4) is 0 Å². The van der Waals surface area contributed by atoms with Crippen molar-refractivity contribution in [3.05, 3.63) is 40.4 Å². The monoisotopic (exact) mass is 467 g/mol. The molecular formula is C20H25N3O6S2. The Labute approximate surface area is 185 Å². The Morgan fingerprint density at radius 3 is 2.65 bits per heavy atom. The summed E-state index contributed by atoms with van der Waals surface area (Å²) in [5, 5.41) is 2.26. The van der Waals surface area contributed by atoms with Crippen molar-refractivity contribution in [1.82, 2.24) is 9.29 Å². The van der Waals surface area contributed by atoms with Crippen LogP contribution in [0, 0.1) is 6.92 Å². The fourth-order valence-electron chi connectivity index (χ4n) is 3.13. The molecule has 0 bridgehead atoms. The molecule has 1 aliphatic heterocycles. The van der Waals surface area contributed by atoms with E-state index in [-0.39, 0.29) is 36.1 Å². The molecule has 1 fully saturated rings. The fraction of sp³-hybridized carbons (Fsp3) is 0.450. The molecular weight excluding hydrogens is 442 g/mol. The Balaban J connectivity index is 1.72. The summed E-state index contributed by atoms with van der Waals surface area (Å²) in [7, 11) is -3.74.